The van der Waals surface area contributed by atoms with Gasteiger partial charge >= 0.3 is 5.97 Å². The Kier molecular flexibility index (Phi) is 12.9. The fourth-order valence-electron chi connectivity index (χ4n) is 7.94. The van der Waals surface area contributed by atoms with E-state index in [1.165, 1.54) is 36.8 Å². The van der Waals surface area contributed by atoms with E-state index in [1.54, 1.807) is 18.3 Å². The van der Waals surface area contributed by atoms with Gasteiger partial charge in [-0.1, -0.05) is 36.2 Å². The molecule has 0 spiro atoms. The number of nitrogens with zero attached hydrogens (tertiary/aromatic N) is 6. The smallest absolute Gasteiger partial charge is 0.345 e. The van der Waals surface area contributed by atoms with E-state index in [0.717, 1.165) is 90.2 Å². The van der Waals surface area contributed by atoms with Gasteiger partial charge in [-0.15, -0.1) is 0 Å². The van der Waals surface area contributed by atoms with Crippen molar-refractivity contribution < 1.29 is 33.2 Å². The molecule has 0 amide bonds. The van der Waals surface area contributed by atoms with Gasteiger partial charge in [0.05, 0.1) is 39.2 Å². The number of carbonyl (C=O) groups is 1. The molecule has 314 valence electrons. The minimum Gasteiger partial charge on any atom is -0.496 e. The Morgan fingerprint density at radius 2 is 1.87 bits per heavy atom. The van der Waals surface area contributed by atoms with Crippen molar-refractivity contribution in [2.24, 2.45) is 0 Å². The van der Waals surface area contributed by atoms with E-state index in [4.69, 9.17) is 39.9 Å². The minimum absolute atomic E-state index is 0.00105. The van der Waals surface area contributed by atoms with E-state index >= 15 is 0 Å². The Morgan fingerprint density at radius 3 is 2.63 bits per heavy atom. The molecule has 15 heteroatoms. The average Bonchev–Trinajstić information content (AvgIpc) is 3.64. The zero-order chi connectivity index (χ0) is 41.8. The predicted molar refractivity (Wildman–Crippen MR) is 229 cm³/mol. The molecule has 8 rings (SSSR count). The maximum absolute atomic E-state index is 14.1. The number of pyridine rings is 1. The molecule has 3 aliphatic rings. The van der Waals surface area contributed by atoms with Gasteiger partial charge in [0.1, 0.15) is 36.3 Å². The van der Waals surface area contributed by atoms with Gasteiger partial charge in [-0.2, -0.15) is 4.37 Å². The van der Waals surface area contributed by atoms with E-state index in [2.05, 4.69) is 26.8 Å². The van der Waals surface area contributed by atoms with E-state index in [9.17, 15) is 14.3 Å². The van der Waals surface area contributed by atoms with Crippen molar-refractivity contribution in [3.8, 4) is 28.8 Å². The summed E-state index contributed by atoms with van der Waals surface area (Å²) in [6.07, 6.45) is 6.64. The van der Waals surface area contributed by atoms with Gasteiger partial charge in [0, 0.05) is 69.4 Å². The topological polar surface area (TPSA) is 132 Å². The molecule has 4 heterocycles. The van der Waals surface area contributed by atoms with Gasteiger partial charge in [0.15, 0.2) is 5.82 Å². The summed E-state index contributed by atoms with van der Waals surface area (Å²) in [6, 6.07) is 13.1. The zero-order valence-corrected chi connectivity index (χ0v) is 35.5. The number of aliphatic carboxylic acids is 1. The lowest BCUT2D eigenvalue weighted by Crippen LogP contribution is -2.45. The summed E-state index contributed by atoms with van der Waals surface area (Å²) in [6.45, 7) is 7.68. The van der Waals surface area contributed by atoms with Crippen LogP contribution in [0.15, 0.2) is 77.3 Å². The van der Waals surface area contributed by atoms with Crippen molar-refractivity contribution in [1.82, 2.24) is 29.1 Å². The number of allylic oxidation sites excluding steroid dienone is 4. The highest BCUT2D eigenvalue weighted by Crippen LogP contribution is 2.48. The first kappa shape index (κ1) is 41.6. The van der Waals surface area contributed by atoms with Crippen LogP contribution >= 0.6 is 23.1 Å². The third-order valence-corrected chi connectivity index (χ3v) is 12.9. The molecule has 60 heavy (non-hydrogen) atoms. The molecule has 0 bridgehead atoms. The van der Waals surface area contributed by atoms with E-state index in [-0.39, 0.29) is 30.7 Å². The third kappa shape index (κ3) is 9.12. The number of para-hydroxylation sites is 1. The van der Waals surface area contributed by atoms with Crippen LogP contribution in [0.2, 0.25) is 0 Å². The van der Waals surface area contributed by atoms with Crippen molar-refractivity contribution in [1.29, 1.82) is 0 Å². The molecule has 2 fully saturated rings. The molecule has 12 nitrogen and oxygen atoms in total. The molecule has 1 N–H and O–H groups in total. The van der Waals surface area contributed by atoms with Gasteiger partial charge in [0.25, 0.3) is 0 Å². The second kappa shape index (κ2) is 18.6. The van der Waals surface area contributed by atoms with Crippen LogP contribution in [0.25, 0.3) is 27.0 Å². The molecule has 2 aromatic carbocycles. The molecular formula is C45H48ClFN6O6S. The summed E-state index contributed by atoms with van der Waals surface area (Å²) in [7, 11) is 3.65. The average molecular weight is 855 g/mol. The first-order valence-electron chi connectivity index (χ1n) is 20.3. The number of rotatable bonds is 16. The standard InChI is InChI=1S/C45H48ClFN6O6S/c1-27-32(12-14-36(41(27)46)57-22-21-53-19-17-52(2)18-20-53)39-40-38(25-49-42(39)28-8-6-9-28)60-51-44(40)59-37(45(54)55)23-29-7-4-5-10-34(29)58-26-31-15-16-48-43(50-31)33-24-30(47)11-13-35(33)56-3/h4-5,7,10-11,13,15-16,24-25,28,37H,6,8-9,12,14,17-23,26H2,1-3H3,(H,54,55)/t37-/m1/s1. The Labute approximate surface area is 357 Å². The molecule has 1 saturated carbocycles. The number of piperazine rings is 1. The SMILES string of the molecule is COc1ccc(F)cc1-c1nccc(COc2ccccc2C[C@@H](Oc2nsc3cnc(C4CCC4)c(C4=C(C)C(Cl)=C(OCCN5CCN(C)CC5)CC4)c23)C(=O)O)n1. The van der Waals surface area contributed by atoms with Crippen molar-refractivity contribution in [2.75, 3.05) is 53.5 Å². The minimum atomic E-state index is -1.29. The van der Waals surface area contributed by atoms with Crippen LogP contribution in [0.3, 0.4) is 0 Å². The van der Waals surface area contributed by atoms with Gasteiger partial charge in [-0.25, -0.2) is 19.2 Å². The fraction of sp³-hybridized carbons (Fsp3) is 0.400. The third-order valence-electron chi connectivity index (χ3n) is 11.6. The number of hydrogen-bond acceptors (Lipinski definition) is 12. The lowest BCUT2D eigenvalue weighted by molar-refractivity contribution is -0.145. The van der Waals surface area contributed by atoms with E-state index in [0.29, 0.717) is 52.8 Å². The molecule has 5 aromatic rings. The molecule has 2 aliphatic carbocycles. The Morgan fingerprint density at radius 1 is 1.05 bits per heavy atom. The number of carboxylic acids is 1. The normalized spacial score (nSPS) is 17.1. The van der Waals surface area contributed by atoms with Crippen molar-refractivity contribution in [3.63, 3.8) is 0 Å². The first-order valence-corrected chi connectivity index (χ1v) is 21.5. The number of fused-ring (bicyclic) bond motifs is 1. The van der Waals surface area contributed by atoms with Crippen LogP contribution in [-0.4, -0.2) is 99.8 Å². The van der Waals surface area contributed by atoms with Gasteiger partial charge in [-0.05, 0) is 91.8 Å². The number of ether oxygens (including phenoxy) is 4. The van der Waals surface area contributed by atoms with Crippen LogP contribution in [0.4, 0.5) is 4.39 Å². The summed E-state index contributed by atoms with van der Waals surface area (Å²) in [5, 5.41) is 12.0. The Hall–Kier alpha value is -5.15. The van der Waals surface area contributed by atoms with Gasteiger partial charge < -0.3 is 29.0 Å². The molecule has 1 saturated heterocycles. The Balaban J connectivity index is 1.04. The highest BCUT2D eigenvalue weighted by molar-refractivity contribution is 7.13. The quantitative estimate of drug-likeness (QED) is 0.102. The number of likely N-dealkylation sites (N-methyl/N-ethyl adjacent to an activating group) is 1. The predicted octanol–water partition coefficient (Wildman–Crippen LogP) is 8.50. The number of halogens is 2. The van der Waals surface area contributed by atoms with Crippen molar-refractivity contribution in [3.05, 3.63) is 106 Å². The zero-order valence-electron chi connectivity index (χ0n) is 34.0. The van der Waals surface area contributed by atoms with Crippen LogP contribution in [0, 0.1) is 5.82 Å². The highest BCUT2D eigenvalue weighted by Gasteiger charge is 2.33. The largest absolute Gasteiger partial charge is 0.496 e. The number of hydrogen-bond donors (Lipinski definition) is 1. The van der Waals surface area contributed by atoms with Crippen molar-refractivity contribution >= 4 is 44.8 Å². The number of benzene rings is 2. The van der Waals surface area contributed by atoms with Crippen LogP contribution in [-0.2, 0) is 22.6 Å². The van der Waals surface area contributed by atoms with Gasteiger partial charge in [-0.3, -0.25) is 9.88 Å². The molecule has 1 atom stereocenters. The fourth-order valence-corrected chi connectivity index (χ4v) is 8.90. The number of aromatic nitrogens is 4. The molecule has 3 aromatic heterocycles. The lowest BCUT2D eigenvalue weighted by Gasteiger charge is -2.32. The molecule has 1 aliphatic heterocycles. The maximum atomic E-state index is 14.1. The summed E-state index contributed by atoms with van der Waals surface area (Å²) >= 11 is 8.35. The van der Waals surface area contributed by atoms with Gasteiger partial charge in [0.2, 0.25) is 12.0 Å². The number of methoxy groups -OCH3 is 1. The van der Waals surface area contributed by atoms with Crippen LogP contribution in [0.5, 0.6) is 17.4 Å². The second-order valence-electron chi connectivity index (χ2n) is 15.5. The Bertz CT molecular complexity index is 2430. The van der Waals surface area contributed by atoms with E-state index in [1.807, 2.05) is 31.3 Å². The first-order chi connectivity index (χ1) is 29.2. The number of carboxylic acid groups (broad SMARTS) is 1. The van der Waals surface area contributed by atoms with E-state index < -0.39 is 17.9 Å². The van der Waals surface area contributed by atoms with Crippen molar-refractivity contribution in [2.45, 2.75) is 64.1 Å². The summed E-state index contributed by atoms with van der Waals surface area (Å²) in [5.74, 6) is 0.964. The van der Waals surface area contributed by atoms with Crippen LogP contribution in [0.1, 0.15) is 67.5 Å². The molecular weight excluding hydrogens is 807 g/mol. The summed E-state index contributed by atoms with van der Waals surface area (Å²) in [5.41, 5.74) is 5.49. The molecule has 0 unspecified atom stereocenters. The maximum Gasteiger partial charge on any atom is 0.345 e. The molecule has 0 radical (unpaired) electrons. The second-order valence-corrected chi connectivity index (χ2v) is 16.7. The lowest BCUT2D eigenvalue weighted by atomic mass is 9.77. The summed E-state index contributed by atoms with van der Waals surface area (Å²) in [4.78, 5) is 31.6. The summed E-state index contributed by atoms with van der Waals surface area (Å²) < 4.78 is 44.0. The highest BCUT2D eigenvalue weighted by atomic mass is 35.5. The van der Waals surface area contributed by atoms with Crippen LogP contribution < -0.4 is 14.2 Å². The monoisotopic (exact) mass is 854 g/mol.